The topological polar surface area (TPSA) is 38.0 Å². The Labute approximate surface area is 125 Å². The number of hydrogen-bond donors (Lipinski definition) is 2. The predicted octanol–water partition coefficient (Wildman–Crippen LogP) is 4.25. The van der Waals surface area contributed by atoms with Crippen LogP contribution in [0, 0.1) is 28.1 Å². The highest BCUT2D eigenvalue weighted by molar-refractivity contribution is 5.13. The van der Waals surface area contributed by atoms with E-state index in [9.17, 15) is 0 Å². The summed E-state index contributed by atoms with van der Waals surface area (Å²) in [5, 5.41) is 0. The van der Waals surface area contributed by atoms with Crippen LogP contribution in [0.1, 0.15) is 79.1 Å². The van der Waals surface area contributed by atoms with Crippen LogP contribution in [0.4, 0.5) is 0 Å². The summed E-state index contributed by atoms with van der Waals surface area (Å²) in [4.78, 5) is 0. The van der Waals surface area contributed by atoms with E-state index >= 15 is 0 Å². The molecule has 0 aromatic rings. The second kappa shape index (κ2) is 4.71. The molecule has 0 aliphatic heterocycles. The van der Waals surface area contributed by atoms with Gasteiger partial charge in [0.15, 0.2) is 0 Å². The van der Waals surface area contributed by atoms with Crippen molar-refractivity contribution in [3.63, 3.8) is 0 Å². The SMILES string of the molecule is CC(C)CCC(NN)C12CC3CC(C)(CC(C)(C3)C1)C2. The van der Waals surface area contributed by atoms with Crippen molar-refractivity contribution in [2.24, 2.45) is 33.9 Å². The molecular weight excluding hydrogens is 244 g/mol. The predicted molar refractivity (Wildman–Crippen MR) is 85.0 cm³/mol. The van der Waals surface area contributed by atoms with Gasteiger partial charge in [-0.25, -0.2) is 0 Å². The number of hydrazine groups is 1. The van der Waals surface area contributed by atoms with Gasteiger partial charge in [0, 0.05) is 6.04 Å². The summed E-state index contributed by atoms with van der Waals surface area (Å²) in [5.41, 5.74) is 4.94. The van der Waals surface area contributed by atoms with Gasteiger partial charge in [0.1, 0.15) is 0 Å². The van der Waals surface area contributed by atoms with Crippen molar-refractivity contribution in [3.8, 4) is 0 Å². The monoisotopic (exact) mass is 278 g/mol. The lowest BCUT2D eigenvalue weighted by Gasteiger charge is -2.67. The minimum absolute atomic E-state index is 0.493. The highest BCUT2D eigenvalue weighted by Gasteiger charge is 2.61. The first-order valence-electron chi connectivity index (χ1n) is 8.74. The van der Waals surface area contributed by atoms with E-state index in [1.54, 1.807) is 0 Å². The van der Waals surface area contributed by atoms with E-state index in [0.29, 0.717) is 22.3 Å². The second-order valence-corrected chi connectivity index (χ2v) is 9.68. The second-order valence-electron chi connectivity index (χ2n) is 9.68. The van der Waals surface area contributed by atoms with Gasteiger partial charge in [-0.15, -0.1) is 0 Å². The molecule has 2 heteroatoms. The maximum absolute atomic E-state index is 6.02. The largest absolute Gasteiger partial charge is 0.271 e. The Morgan fingerprint density at radius 3 is 2.05 bits per heavy atom. The van der Waals surface area contributed by atoms with Gasteiger partial charge in [-0.05, 0) is 79.4 Å². The van der Waals surface area contributed by atoms with Crippen molar-refractivity contribution in [1.82, 2.24) is 5.43 Å². The standard InChI is InChI=1S/C18H34N2/c1-13(2)5-6-15(20-19)18-9-14-7-16(3,11-18)10-17(4,8-14)12-18/h13-15,20H,5-12,19H2,1-4H3. The number of nitrogens with one attached hydrogen (secondary N) is 1. The molecule has 0 radical (unpaired) electrons. The molecule has 116 valence electrons. The zero-order valence-electron chi connectivity index (χ0n) is 14.0. The lowest BCUT2D eigenvalue weighted by Crippen LogP contribution is -2.62. The van der Waals surface area contributed by atoms with Crippen LogP contribution in [0.5, 0.6) is 0 Å². The van der Waals surface area contributed by atoms with Gasteiger partial charge in [-0.2, -0.15) is 0 Å². The fraction of sp³-hybridized carbons (Fsp3) is 1.00. The van der Waals surface area contributed by atoms with E-state index in [1.807, 2.05) is 0 Å². The van der Waals surface area contributed by atoms with Crippen molar-refractivity contribution in [1.29, 1.82) is 0 Å². The van der Waals surface area contributed by atoms with Crippen molar-refractivity contribution in [2.45, 2.75) is 85.1 Å². The molecule has 0 heterocycles. The highest BCUT2D eigenvalue weighted by atomic mass is 15.2. The summed E-state index contributed by atoms with van der Waals surface area (Å²) >= 11 is 0. The van der Waals surface area contributed by atoms with Crippen molar-refractivity contribution >= 4 is 0 Å². The highest BCUT2D eigenvalue weighted by Crippen LogP contribution is 2.70. The third kappa shape index (κ3) is 2.43. The molecule has 0 aromatic heterocycles. The Balaban J connectivity index is 1.83. The van der Waals surface area contributed by atoms with Crippen LogP contribution in [0.25, 0.3) is 0 Å². The summed E-state index contributed by atoms with van der Waals surface area (Å²) in [7, 11) is 0. The molecule has 0 saturated heterocycles. The van der Waals surface area contributed by atoms with Crippen LogP contribution >= 0.6 is 0 Å². The first-order chi connectivity index (χ1) is 9.28. The molecule has 3 atom stereocenters. The maximum atomic E-state index is 6.02. The number of rotatable bonds is 5. The van der Waals surface area contributed by atoms with Crippen LogP contribution in [-0.2, 0) is 0 Å². The summed E-state index contributed by atoms with van der Waals surface area (Å²) < 4.78 is 0. The summed E-state index contributed by atoms with van der Waals surface area (Å²) in [6.07, 6.45) is 11.2. The molecule has 4 saturated carbocycles. The van der Waals surface area contributed by atoms with Gasteiger partial charge in [-0.3, -0.25) is 11.3 Å². The van der Waals surface area contributed by atoms with Gasteiger partial charge in [-0.1, -0.05) is 27.7 Å². The molecule has 0 amide bonds. The minimum atomic E-state index is 0.493. The molecule has 4 aliphatic carbocycles. The summed E-state index contributed by atoms with van der Waals surface area (Å²) in [6.45, 7) is 9.77. The lowest BCUT2D eigenvalue weighted by molar-refractivity contribution is -0.159. The zero-order chi connectivity index (χ0) is 14.6. The molecule has 4 bridgehead atoms. The van der Waals surface area contributed by atoms with Gasteiger partial charge < -0.3 is 0 Å². The molecule has 3 N–H and O–H groups in total. The molecule has 0 aromatic carbocycles. The van der Waals surface area contributed by atoms with Gasteiger partial charge >= 0.3 is 0 Å². The van der Waals surface area contributed by atoms with Crippen LogP contribution < -0.4 is 11.3 Å². The fourth-order valence-electron chi connectivity index (χ4n) is 6.99. The number of hydrogen-bond acceptors (Lipinski definition) is 2. The van der Waals surface area contributed by atoms with Crippen LogP contribution in [0.3, 0.4) is 0 Å². The Morgan fingerprint density at radius 2 is 1.60 bits per heavy atom. The van der Waals surface area contributed by atoms with Gasteiger partial charge in [0.05, 0.1) is 0 Å². The zero-order valence-corrected chi connectivity index (χ0v) is 14.0. The first kappa shape index (κ1) is 14.8. The third-order valence-corrected chi connectivity index (χ3v) is 6.64. The maximum Gasteiger partial charge on any atom is 0.0267 e. The normalized spacial score (nSPS) is 48.0. The molecule has 20 heavy (non-hydrogen) atoms. The lowest BCUT2D eigenvalue weighted by atomic mass is 9.39. The smallest absolute Gasteiger partial charge is 0.0267 e. The van der Waals surface area contributed by atoms with Crippen molar-refractivity contribution in [3.05, 3.63) is 0 Å². The molecular formula is C18H34N2. The Kier molecular flexibility index (Phi) is 3.49. The molecule has 4 aliphatic rings. The molecule has 4 fully saturated rings. The average Bonchev–Trinajstić information content (AvgIpc) is 2.23. The van der Waals surface area contributed by atoms with Gasteiger partial charge in [0.2, 0.25) is 0 Å². The third-order valence-electron chi connectivity index (χ3n) is 6.64. The van der Waals surface area contributed by atoms with Crippen LogP contribution in [0.2, 0.25) is 0 Å². The minimum Gasteiger partial charge on any atom is -0.271 e. The van der Waals surface area contributed by atoms with E-state index in [0.717, 1.165) is 11.8 Å². The Bertz CT molecular complexity index is 358. The first-order valence-corrected chi connectivity index (χ1v) is 8.74. The Morgan fingerprint density at radius 1 is 1.00 bits per heavy atom. The summed E-state index contributed by atoms with van der Waals surface area (Å²) in [6, 6.07) is 0.534. The molecule has 2 nitrogen and oxygen atoms in total. The average molecular weight is 278 g/mol. The van der Waals surface area contributed by atoms with Gasteiger partial charge in [0.25, 0.3) is 0 Å². The van der Waals surface area contributed by atoms with E-state index in [2.05, 4.69) is 33.1 Å². The van der Waals surface area contributed by atoms with Crippen LogP contribution in [-0.4, -0.2) is 6.04 Å². The van der Waals surface area contributed by atoms with E-state index in [1.165, 1.54) is 51.4 Å². The quantitative estimate of drug-likeness (QED) is 0.583. The fourth-order valence-corrected chi connectivity index (χ4v) is 6.99. The molecule has 4 rings (SSSR count). The van der Waals surface area contributed by atoms with E-state index in [4.69, 9.17) is 5.84 Å². The van der Waals surface area contributed by atoms with Crippen molar-refractivity contribution in [2.75, 3.05) is 0 Å². The van der Waals surface area contributed by atoms with E-state index < -0.39 is 0 Å². The molecule has 3 unspecified atom stereocenters. The van der Waals surface area contributed by atoms with Crippen molar-refractivity contribution < 1.29 is 0 Å². The summed E-state index contributed by atoms with van der Waals surface area (Å²) in [5.74, 6) is 7.77. The van der Waals surface area contributed by atoms with Crippen LogP contribution in [0.15, 0.2) is 0 Å². The molecule has 0 spiro atoms. The Hall–Kier alpha value is -0.0800. The number of nitrogens with two attached hydrogens (primary N) is 1. The van der Waals surface area contributed by atoms with E-state index in [-0.39, 0.29) is 0 Å².